The maximum absolute atomic E-state index is 11.0. The Labute approximate surface area is 82.9 Å². The number of hydrogen-bond donors (Lipinski definition) is 0. The topological polar surface area (TPSA) is 26.3 Å². The fourth-order valence-corrected chi connectivity index (χ4v) is 1.43. The highest BCUT2D eigenvalue weighted by atomic mass is 16.5. The Hall–Kier alpha value is -0.0800. The average molecular weight is 186 g/mol. The maximum Gasteiger partial charge on any atom is -0.0145 e. The largest absolute Gasteiger partial charge is 0.785 e. The van der Waals surface area contributed by atoms with Gasteiger partial charge in [0, 0.05) is 0 Å². The van der Waals surface area contributed by atoms with Crippen LogP contribution in [0.15, 0.2) is 0 Å². The molecule has 0 radical (unpaired) electrons. The van der Waals surface area contributed by atoms with Crippen molar-refractivity contribution in [2.45, 2.75) is 58.8 Å². The first kappa shape index (κ1) is 12.9. The van der Waals surface area contributed by atoms with Crippen molar-refractivity contribution in [3.05, 3.63) is 5.21 Å². The Bertz CT molecular complexity index is 96.1. The van der Waals surface area contributed by atoms with Crippen molar-refractivity contribution in [1.82, 2.24) is 5.06 Å². The van der Waals surface area contributed by atoms with Gasteiger partial charge >= 0.3 is 0 Å². The highest BCUT2D eigenvalue weighted by Crippen LogP contribution is 2.05. The van der Waals surface area contributed by atoms with Gasteiger partial charge in [-0.2, -0.15) is 0 Å². The monoisotopic (exact) mass is 186 g/mol. The summed E-state index contributed by atoms with van der Waals surface area (Å²) in [6.07, 6.45) is 8.55. The molecule has 80 valence electrons. The molecule has 0 amide bonds. The van der Waals surface area contributed by atoms with Crippen LogP contribution in [-0.4, -0.2) is 18.2 Å². The van der Waals surface area contributed by atoms with E-state index in [9.17, 15) is 5.21 Å². The normalized spacial score (nSPS) is 11.1. The zero-order chi connectivity index (χ0) is 9.94. The predicted molar refractivity (Wildman–Crippen MR) is 58.6 cm³/mol. The summed E-state index contributed by atoms with van der Waals surface area (Å²) in [6.45, 7) is 5.71. The standard InChI is InChI=1S/C11H24NO/c1-3-5-6-7-8-9-11-12(13)10-4-2/h3-11H2,1-2H3/q-1. The second kappa shape index (κ2) is 10.0. The van der Waals surface area contributed by atoms with Crippen LogP contribution in [-0.2, 0) is 0 Å². The summed E-state index contributed by atoms with van der Waals surface area (Å²) >= 11 is 0. The van der Waals surface area contributed by atoms with Gasteiger partial charge in [-0.15, -0.1) is 0 Å². The fourth-order valence-electron chi connectivity index (χ4n) is 1.43. The molecule has 0 saturated carbocycles. The SMILES string of the molecule is CCCCCCCCN([O-])CCC. The van der Waals surface area contributed by atoms with Gasteiger partial charge in [0.2, 0.25) is 0 Å². The van der Waals surface area contributed by atoms with Crippen LogP contribution in [0.2, 0.25) is 0 Å². The first-order valence-corrected chi connectivity index (χ1v) is 5.73. The number of hydroxylamine groups is 2. The van der Waals surface area contributed by atoms with Crippen LogP contribution in [0.25, 0.3) is 0 Å². The fraction of sp³-hybridized carbons (Fsp3) is 1.00. The number of rotatable bonds is 9. The summed E-state index contributed by atoms with van der Waals surface area (Å²) in [5, 5.41) is 12.2. The van der Waals surface area contributed by atoms with E-state index in [1.165, 1.54) is 37.2 Å². The first-order chi connectivity index (χ1) is 6.31. The Kier molecular flexibility index (Phi) is 9.94. The van der Waals surface area contributed by atoms with Crippen molar-refractivity contribution in [1.29, 1.82) is 0 Å². The first-order valence-electron chi connectivity index (χ1n) is 5.73. The molecule has 0 bridgehead atoms. The molecule has 0 aliphatic carbocycles. The van der Waals surface area contributed by atoms with E-state index >= 15 is 0 Å². The van der Waals surface area contributed by atoms with Crippen molar-refractivity contribution >= 4 is 0 Å². The van der Waals surface area contributed by atoms with E-state index in [2.05, 4.69) is 6.92 Å². The second-order valence-electron chi connectivity index (χ2n) is 3.70. The average Bonchev–Trinajstić information content (AvgIpc) is 2.11. The summed E-state index contributed by atoms with van der Waals surface area (Å²) < 4.78 is 0. The van der Waals surface area contributed by atoms with Gasteiger partial charge in [0.1, 0.15) is 0 Å². The summed E-state index contributed by atoms with van der Waals surface area (Å²) in [5.41, 5.74) is 0. The molecule has 0 aromatic rings. The lowest BCUT2D eigenvalue weighted by Gasteiger charge is -2.27. The van der Waals surface area contributed by atoms with Crippen molar-refractivity contribution in [3.8, 4) is 0 Å². The van der Waals surface area contributed by atoms with Gasteiger partial charge in [-0.1, -0.05) is 46.0 Å². The molecule has 0 saturated heterocycles. The van der Waals surface area contributed by atoms with Gasteiger partial charge in [-0.25, -0.2) is 0 Å². The van der Waals surface area contributed by atoms with E-state index in [1.54, 1.807) is 0 Å². The minimum atomic E-state index is 0.703. The molecule has 0 aromatic heterocycles. The van der Waals surface area contributed by atoms with E-state index in [0.29, 0.717) is 6.54 Å². The lowest BCUT2D eigenvalue weighted by molar-refractivity contribution is 0.363. The number of unbranched alkanes of at least 4 members (excludes halogenated alkanes) is 5. The lowest BCUT2D eigenvalue weighted by atomic mass is 10.1. The zero-order valence-electron chi connectivity index (χ0n) is 9.22. The van der Waals surface area contributed by atoms with Crippen LogP contribution >= 0.6 is 0 Å². The Balaban J connectivity index is 2.97. The van der Waals surface area contributed by atoms with Gasteiger partial charge in [0.05, 0.1) is 0 Å². The van der Waals surface area contributed by atoms with Gasteiger partial charge < -0.3 is 10.3 Å². The summed E-state index contributed by atoms with van der Waals surface area (Å²) in [4.78, 5) is 0. The minimum absolute atomic E-state index is 0.703. The Morgan fingerprint density at radius 3 is 2.00 bits per heavy atom. The van der Waals surface area contributed by atoms with Gasteiger partial charge in [0.15, 0.2) is 0 Å². The van der Waals surface area contributed by atoms with Crippen LogP contribution in [0.5, 0.6) is 0 Å². The predicted octanol–water partition coefficient (Wildman–Crippen LogP) is 3.56. The molecule has 0 spiro atoms. The van der Waals surface area contributed by atoms with Crippen molar-refractivity contribution in [2.75, 3.05) is 13.1 Å². The van der Waals surface area contributed by atoms with E-state index in [1.807, 2.05) is 6.92 Å². The van der Waals surface area contributed by atoms with Crippen molar-refractivity contribution in [3.63, 3.8) is 0 Å². The molecule has 13 heavy (non-hydrogen) atoms. The van der Waals surface area contributed by atoms with Crippen LogP contribution < -0.4 is 0 Å². The molecule has 2 heteroatoms. The molecule has 0 aliphatic rings. The molecule has 0 N–H and O–H groups in total. The van der Waals surface area contributed by atoms with E-state index < -0.39 is 0 Å². The molecule has 2 nitrogen and oxygen atoms in total. The third-order valence-electron chi connectivity index (χ3n) is 2.23. The highest BCUT2D eigenvalue weighted by molar-refractivity contribution is 4.56. The van der Waals surface area contributed by atoms with Crippen molar-refractivity contribution < 1.29 is 0 Å². The molecule has 0 unspecified atom stereocenters. The smallest absolute Gasteiger partial charge is 0.0145 e. The third-order valence-corrected chi connectivity index (χ3v) is 2.23. The van der Waals surface area contributed by atoms with Crippen molar-refractivity contribution in [2.24, 2.45) is 0 Å². The molecular formula is C11H24NO-. The summed E-state index contributed by atoms with van der Waals surface area (Å²) in [6, 6.07) is 0. The zero-order valence-corrected chi connectivity index (χ0v) is 9.22. The van der Waals surface area contributed by atoms with Crippen LogP contribution in [0.4, 0.5) is 0 Å². The minimum Gasteiger partial charge on any atom is -0.785 e. The summed E-state index contributed by atoms with van der Waals surface area (Å²) in [7, 11) is 0. The number of hydrogen-bond acceptors (Lipinski definition) is 2. The second-order valence-corrected chi connectivity index (χ2v) is 3.70. The van der Waals surface area contributed by atoms with Crippen LogP contribution in [0, 0.1) is 5.21 Å². The van der Waals surface area contributed by atoms with E-state index in [-0.39, 0.29) is 0 Å². The molecule has 0 rings (SSSR count). The molecule has 0 fully saturated rings. The quantitative estimate of drug-likeness (QED) is 0.406. The van der Waals surface area contributed by atoms with E-state index in [4.69, 9.17) is 0 Å². The van der Waals surface area contributed by atoms with Crippen LogP contribution in [0.3, 0.4) is 0 Å². The Morgan fingerprint density at radius 2 is 1.38 bits per heavy atom. The summed E-state index contributed by atoms with van der Waals surface area (Å²) in [5.74, 6) is 0. The van der Waals surface area contributed by atoms with Gasteiger partial charge in [0.25, 0.3) is 0 Å². The maximum atomic E-state index is 11.0. The highest BCUT2D eigenvalue weighted by Gasteiger charge is 1.91. The third kappa shape index (κ3) is 9.84. The van der Waals surface area contributed by atoms with Crippen LogP contribution in [0.1, 0.15) is 58.8 Å². The van der Waals surface area contributed by atoms with Gasteiger partial charge in [-0.05, 0) is 25.9 Å². The lowest BCUT2D eigenvalue weighted by Crippen LogP contribution is -2.18. The number of nitrogens with zero attached hydrogens (tertiary/aromatic N) is 1. The molecule has 0 aromatic carbocycles. The van der Waals surface area contributed by atoms with E-state index in [0.717, 1.165) is 19.4 Å². The Morgan fingerprint density at radius 1 is 0.769 bits per heavy atom. The molecule has 0 aliphatic heterocycles. The van der Waals surface area contributed by atoms with Gasteiger partial charge in [-0.3, -0.25) is 0 Å². The molecular weight excluding hydrogens is 162 g/mol. The molecule has 0 heterocycles. The molecule has 0 atom stereocenters.